The summed E-state index contributed by atoms with van der Waals surface area (Å²) in [6, 6.07) is 10.0. The van der Waals surface area contributed by atoms with Gasteiger partial charge in [-0.15, -0.1) is 0 Å². The fourth-order valence-electron chi connectivity index (χ4n) is 3.82. The second-order valence-electron chi connectivity index (χ2n) is 6.11. The van der Waals surface area contributed by atoms with E-state index in [1.54, 1.807) is 18.0 Å². The summed E-state index contributed by atoms with van der Waals surface area (Å²) in [6.07, 6.45) is 9.28. The third-order valence-corrected chi connectivity index (χ3v) is 4.85. The van der Waals surface area contributed by atoms with Gasteiger partial charge < -0.3 is 9.73 Å². The molecule has 0 radical (unpaired) electrons. The van der Waals surface area contributed by atoms with Crippen molar-refractivity contribution in [2.75, 3.05) is 0 Å². The Morgan fingerprint density at radius 1 is 1.15 bits per heavy atom. The van der Waals surface area contributed by atoms with Crippen molar-refractivity contribution in [1.29, 1.82) is 0 Å². The van der Waals surface area contributed by atoms with Crippen molar-refractivity contribution < 1.29 is 4.42 Å². The van der Waals surface area contributed by atoms with Crippen LogP contribution in [0, 0.1) is 5.92 Å². The Balaban J connectivity index is 1.60. The molecule has 0 spiro atoms. The summed E-state index contributed by atoms with van der Waals surface area (Å²) in [5, 5.41) is 3.83. The van der Waals surface area contributed by atoms with Gasteiger partial charge in [-0.2, -0.15) is 0 Å². The molecule has 1 aliphatic carbocycles. The molecule has 1 N–H and O–H groups in total. The van der Waals surface area contributed by atoms with Crippen LogP contribution in [0.25, 0.3) is 0 Å². The number of nitrogens with one attached hydrogen (secondary N) is 1. The van der Waals surface area contributed by atoms with Crippen molar-refractivity contribution in [3.63, 3.8) is 0 Å². The van der Waals surface area contributed by atoms with E-state index >= 15 is 0 Å². The van der Waals surface area contributed by atoms with Gasteiger partial charge in [-0.25, -0.2) is 4.98 Å². The first-order valence-corrected chi connectivity index (χ1v) is 7.59. The standard InChI is InChI=1S/C17H20N2O/c1-2-4-13-10-15-6-5-14(9-12(13)3-1)16(19-15)11-17-18-7-8-20-17/h1-4,7-8,14-16,19H,5-6,9-11H2. The molecule has 1 fully saturated rings. The van der Waals surface area contributed by atoms with Crippen molar-refractivity contribution in [3.8, 4) is 0 Å². The summed E-state index contributed by atoms with van der Waals surface area (Å²) in [6.45, 7) is 0. The Hall–Kier alpha value is -1.61. The summed E-state index contributed by atoms with van der Waals surface area (Å²) in [5.41, 5.74) is 3.07. The maximum Gasteiger partial charge on any atom is 0.195 e. The Labute approximate surface area is 119 Å². The number of piperidine rings is 1. The molecule has 0 amide bonds. The average molecular weight is 268 g/mol. The van der Waals surface area contributed by atoms with Gasteiger partial charge in [-0.05, 0) is 42.7 Å². The van der Waals surface area contributed by atoms with Crippen LogP contribution in [0.1, 0.15) is 29.9 Å². The highest BCUT2D eigenvalue weighted by atomic mass is 16.3. The third-order valence-electron chi connectivity index (χ3n) is 4.85. The van der Waals surface area contributed by atoms with Gasteiger partial charge in [0, 0.05) is 18.5 Å². The number of rotatable bonds is 2. The van der Waals surface area contributed by atoms with Crippen LogP contribution in [0.5, 0.6) is 0 Å². The molecule has 1 aromatic carbocycles. The third kappa shape index (κ3) is 2.27. The van der Waals surface area contributed by atoms with Crippen LogP contribution in [0.2, 0.25) is 0 Å². The van der Waals surface area contributed by atoms with Crippen LogP contribution in [0.3, 0.4) is 0 Å². The molecular weight excluding hydrogens is 248 g/mol. The lowest BCUT2D eigenvalue weighted by atomic mass is 9.76. The number of benzene rings is 1. The van der Waals surface area contributed by atoms with Gasteiger partial charge in [0.2, 0.25) is 0 Å². The molecule has 3 atom stereocenters. The summed E-state index contributed by atoms with van der Waals surface area (Å²) in [7, 11) is 0. The molecule has 1 aromatic heterocycles. The molecule has 2 aromatic rings. The topological polar surface area (TPSA) is 38.1 Å². The molecule has 104 valence electrons. The van der Waals surface area contributed by atoms with Crippen LogP contribution in [0.15, 0.2) is 41.1 Å². The molecule has 2 aliphatic heterocycles. The average Bonchev–Trinajstić information content (AvgIpc) is 2.93. The molecule has 1 saturated heterocycles. The molecule has 2 bridgehead atoms. The monoisotopic (exact) mass is 268 g/mol. The highest BCUT2D eigenvalue weighted by Crippen LogP contribution is 2.31. The van der Waals surface area contributed by atoms with Gasteiger partial charge in [0.05, 0.1) is 6.20 Å². The van der Waals surface area contributed by atoms with E-state index in [1.165, 1.54) is 24.8 Å². The predicted molar refractivity (Wildman–Crippen MR) is 77.5 cm³/mol. The summed E-state index contributed by atoms with van der Waals surface area (Å²) in [4.78, 5) is 4.29. The van der Waals surface area contributed by atoms with Gasteiger partial charge in [0.1, 0.15) is 6.26 Å². The second kappa shape index (κ2) is 5.06. The van der Waals surface area contributed by atoms with E-state index in [-0.39, 0.29) is 0 Å². The van der Waals surface area contributed by atoms with E-state index < -0.39 is 0 Å². The molecule has 3 nitrogen and oxygen atoms in total. The normalized spacial score (nSPS) is 28.7. The van der Waals surface area contributed by atoms with Crippen LogP contribution in [-0.2, 0) is 19.3 Å². The second-order valence-corrected chi connectivity index (χ2v) is 6.11. The minimum absolute atomic E-state index is 0.501. The first kappa shape index (κ1) is 12.2. The van der Waals surface area contributed by atoms with E-state index in [9.17, 15) is 0 Å². The SMILES string of the molecule is c1ccc2c(c1)CC1CCC(C2)C(Cc2ncco2)N1. The van der Waals surface area contributed by atoms with Gasteiger partial charge in [0.25, 0.3) is 0 Å². The number of hydrogen-bond acceptors (Lipinski definition) is 3. The molecular formula is C17H20N2O. The summed E-state index contributed by atoms with van der Waals surface area (Å²) < 4.78 is 5.43. The first-order chi connectivity index (χ1) is 9.88. The highest BCUT2D eigenvalue weighted by molar-refractivity contribution is 5.30. The lowest BCUT2D eigenvalue weighted by Crippen LogP contribution is -2.51. The van der Waals surface area contributed by atoms with Gasteiger partial charge in [0.15, 0.2) is 5.89 Å². The van der Waals surface area contributed by atoms with E-state index in [0.717, 1.165) is 18.7 Å². The largest absolute Gasteiger partial charge is 0.449 e. The maximum atomic E-state index is 5.43. The lowest BCUT2D eigenvalue weighted by Gasteiger charge is -2.40. The van der Waals surface area contributed by atoms with Crippen LogP contribution in [0.4, 0.5) is 0 Å². The van der Waals surface area contributed by atoms with Crippen molar-refractivity contribution in [2.45, 2.75) is 44.2 Å². The Kier molecular flexibility index (Phi) is 3.07. The summed E-state index contributed by atoms with van der Waals surface area (Å²) >= 11 is 0. The number of hydrogen-bond donors (Lipinski definition) is 1. The van der Waals surface area contributed by atoms with Crippen molar-refractivity contribution in [1.82, 2.24) is 10.3 Å². The Bertz CT molecular complexity index is 578. The van der Waals surface area contributed by atoms with Crippen LogP contribution >= 0.6 is 0 Å². The van der Waals surface area contributed by atoms with Gasteiger partial charge >= 0.3 is 0 Å². The predicted octanol–water partition coefficient (Wildman–Crippen LogP) is 2.75. The highest BCUT2D eigenvalue weighted by Gasteiger charge is 2.33. The van der Waals surface area contributed by atoms with Crippen molar-refractivity contribution in [3.05, 3.63) is 53.7 Å². The minimum atomic E-state index is 0.501. The Morgan fingerprint density at radius 2 is 2.00 bits per heavy atom. The van der Waals surface area contributed by atoms with E-state index in [4.69, 9.17) is 4.42 Å². The quantitative estimate of drug-likeness (QED) is 0.910. The van der Waals surface area contributed by atoms with Gasteiger partial charge in [-0.1, -0.05) is 24.3 Å². The zero-order valence-electron chi connectivity index (χ0n) is 11.6. The maximum absolute atomic E-state index is 5.43. The molecule has 0 saturated carbocycles. The number of aromatic nitrogens is 1. The van der Waals surface area contributed by atoms with Crippen molar-refractivity contribution >= 4 is 0 Å². The van der Waals surface area contributed by atoms with E-state index in [0.29, 0.717) is 18.0 Å². The first-order valence-electron chi connectivity index (χ1n) is 7.59. The fourth-order valence-corrected chi connectivity index (χ4v) is 3.82. The Morgan fingerprint density at radius 3 is 2.80 bits per heavy atom. The number of oxazole rings is 1. The molecule has 3 heteroatoms. The molecule has 3 unspecified atom stereocenters. The zero-order valence-corrected chi connectivity index (χ0v) is 11.6. The van der Waals surface area contributed by atoms with Crippen LogP contribution in [-0.4, -0.2) is 17.1 Å². The van der Waals surface area contributed by atoms with E-state index in [2.05, 4.69) is 34.6 Å². The molecule has 5 rings (SSSR count). The van der Waals surface area contributed by atoms with E-state index in [1.807, 2.05) is 0 Å². The van der Waals surface area contributed by atoms with Gasteiger partial charge in [-0.3, -0.25) is 0 Å². The lowest BCUT2D eigenvalue weighted by molar-refractivity contribution is 0.209. The molecule has 3 heterocycles. The zero-order chi connectivity index (χ0) is 13.4. The fraction of sp³-hybridized carbons (Fsp3) is 0.471. The minimum Gasteiger partial charge on any atom is -0.449 e. The number of nitrogens with zero attached hydrogens (tertiary/aromatic N) is 1. The smallest absolute Gasteiger partial charge is 0.195 e. The molecule has 20 heavy (non-hydrogen) atoms. The molecule has 3 aliphatic rings. The summed E-state index contributed by atoms with van der Waals surface area (Å²) in [5.74, 6) is 1.56. The number of fused-ring (bicyclic) bond motifs is 2. The van der Waals surface area contributed by atoms with Crippen molar-refractivity contribution in [2.24, 2.45) is 5.92 Å². The van der Waals surface area contributed by atoms with Crippen LogP contribution < -0.4 is 5.32 Å².